The Bertz CT molecular complexity index is 498. The Hall–Kier alpha value is -2.30. The number of aliphatic carboxylic acids is 1. The Labute approximate surface area is 118 Å². The highest BCUT2D eigenvalue weighted by atomic mass is 16.5. The number of ether oxygens (including phenoxy) is 1. The van der Waals surface area contributed by atoms with Crippen molar-refractivity contribution in [2.75, 3.05) is 0 Å². The second-order valence-corrected chi connectivity index (χ2v) is 4.96. The minimum Gasteiger partial charge on any atom is -0.480 e. The summed E-state index contributed by atoms with van der Waals surface area (Å²) in [5.41, 5.74) is 0.0809. The Morgan fingerprint density at radius 3 is 2.45 bits per heavy atom. The van der Waals surface area contributed by atoms with Gasteiger partial charge in [-0.1, -0.05) is 35.9 Å². The topological polar surface area (TPSA) is 75.6 Å². The molecule has 1 aromatic rings. The first kappa shape index (κ1) is 15.8. The van der Waals surface area contributed by atoms with Crippen molar-refractivity contribution >= 4 is 12.1 Å². The molecule has 0 aliphatic carbocycles. The maximum atomic E-state index is 11.7. The van der Waals surface area contributed by atoms with Crippen LogP contribution in [0.25, 0.3) is 0 Å². The van der Waals surface area contributed by atoms with Crippen molar-refractivity contribution in [3.8, 4) is 0 Å². The summed E-state index contributed by atoms with van der Waals surface area (Å²) in [6.07, 6.45) is -0.622. The molecule has 1 aromatic carbocycles. The van der Waals surface area contributed by atoms with Crippen molar-refractivity contribution in [2.24, 2.45) is 0 Å². The monoisotopic (exact) mass is 277 g/mol. The smallest absolute Gasteiger partial charge is 0.408 e. The summed E-state index contributed by atoms with van der Waals surface area (Å²) < 4.78 is 5.01. The Balaban J connectivity index is 2.59. The number of carbonyl (C=O) groups excluding carboxylic acids is 1. The van der Waals surface area contributed by atoms with Gasteiger partial charge in [-0.15, -0.1) is 6.58 Å². The zero-order valence-corrected chi connectivity index (χ0v) is 11.7. The number of amides is 1. The molecule has 0 aromatic heterocycles. The van der Waals surface area contributed by atoms with Crippen molar-refractivity contribution in [3.05, 3.63) is 48.0 Å². The third-order valence-electron chi connectivity index (χ3n) is 2.72. The SMILES string of the molecule is C=C(C)C[C@@](C)(NC(=O)OCc1ccccc1)C(=O)O. The largest absolute Gasteiger partial charge is 0.480 e. The normalized spacial score (nSPS) is 13.1. The van der Waals surface area contributed by atoms with Crippen molar-refractivity contribution in [1.29, 1.82) is 0 Å². The third-order valence-corrected chi connectivity index (χ3v) is 2.72. The van der Waals surface area contributed by atoms with E-state index in [0.29, 0.717) is 5.57 Å². The van der Waals surface area contributed by atoms with E-state index in [2.05, 4.69) is 11.9 Å². The van der Waals surface area contributed by atoms with Crippen molar-refractivity contribution in [1.82, 2.24) is 5.32 Å². The molecule has 0 heterocycles. The van der Waals surface area contributed by atoms with Crippen LogP contribution in [0, 0.1) is 0 Å². The predicted molar refractivity (Wildman–Crippen MR) is 75.2 cm³/mol. The van der Waals surface area contributed by atoms with E-state index in [1.54, 1.807) is 6.92 Å². The minimum atomic E-state index is -1.42. The highest BCUT2D eigenvalue weighted by Gasteiger charge is 2.35. The molecular formula is C15H19NO4. The Morgan fingerprint density at radius 1 is 1.35 bits per heavy atom. The lowest BCUT2D eigenvalue weighted by Crippen LogP contribution is -2.52. The lowest BCUT2D eigenvalue weighted by atomic mass is 9.94. The van der Waals surface area contributed by atoms with Gasteiger partial charge in [0, 0.05) is 6.42 Å². The molecule has 5 nitrogen and oxygen atoms in total. The molecule has 2 N–H and O–H groups in total. The molecule has 0 aliphatic rings. The molecular weight excluding hydrogens is 258 g/mol. The number of hydrogen-bond acceptors (Lipinski definition) is 3. The van der Waals surface area contributed by atoms with Crippen LogP contribution in [0.15, 0.2) is 42.5 Å². The number of carbonyl (C=O) groups is 2. The van der Waals surface area contributed by atoms with Gasteiger partial charge in [-0.3, -0.25) is 0 Å². The van der Waals surface area contributed by atoms with Crippen LogP contribution in [0.5, 0.6) is 0 Å². The Kier molecular flexibility index (Phi) is 5.32. The van der Waals surface area contributed by atoms with Crippen molar-refractivity contribution in [3.63, 3.8) is 0 Å². The van der Waals surface area contributed by atoms with E-state index < -0.39 is 17.6 Å². The fourth-order valence-electron chi connectivity index (χ4n) is 1.76. The van der Waals surface area contributed by atoms with Crippen LogP contribution in [-0.2, 0) is 16.1 Å². The van der Waals surface area contributed by atoms with E-state index in [4.69, 9.17) is 4.74 Å². The van der Waals surface area contributed by atoms with Crippen molar-refractivity contribution in [2.45, 2.75) is 32.4 Å². The van der Waals surface area contributed by atoms with Crippen LogP contribution in [0.4, 0.5) is 4.79 Å². The zero-order valence-electron chi connectivity index (χ0n) is 11.7. The molecule has 20 heavy (non-hydrogen) atoms. The first-order valence-electron chi connectivity index (χ1n) is 6.20. The number of carboxylic acid groups (broad SMARTS) is 1. The van der Waals surface area contributed by atoms with E-state index in [1.165, 1.54) is 6.92 Å². The van der Waals surface area contributed by atoms with Gasteiger partial charge in [-0.2, -0.15) is 0 Å². The molecule has 0 fully saturated rings. The summed E-state index contributed by atoms with van der Waals surface area (Å²) in [5, 5.41) is 11.6. The summed E-state index contributed by atoms with van der Waals surface area (Å²) >= 11 is 0. The van der Waals surface area contributed by atoms with E-state index >= 15 is 0 Å². The third kappa shape index (κ3) is 4.76. The van der Waals surface area contributed by atoms with Gasteiger partial charge in [0.2, 0.25) is 0 Å². The molecule has 0 unspecified atom stereocenters. The van der Waals surface area contributed by atoms with Crippen LogP contribution < -0.4 is 5.32 Å². The minimum absolute atomic E-state index is 0.0927. The molecule has 1 rings (SSSR count). The van der Waals surface area contributed by atoms with Crippen LogP contribution in [0.2, 0.25) is 0 Å². The van der Waals surface area contributed by atoms with Crippen LogP contribution in [-0.4, -0.2) is 22.7 Å². The lowest BCUT2D eigenvalue weighted by molar-refractivity contribution is -0.143. The molecule has 1 atom stereocenters. The summed E-state index contributed by atoms with van der Waals surface area (Å²) in [7, 11) is 0. The lowest BCUT2D eigenvalue weighted by Gasteiger charge is -2.25. The van der Waals surface area contributed by atoms with E-state index in [1.807, 2.05) is 30.3 Å². The van der Waals surface area contributed by atoms with Gasteiger partial charge in [0.05, 0.1) is 0 Å². The molecule has 0 saturated heterocycles. The predicted octanol–water partition coefficient (Wildman–Crippen LogP) is 2.72. The number of nitrogens with one attached hydrogen (secondary N) is 1. The molecule has 108 valence electrons. The zero-order chi connectivity index (χ0) is 15.2. The van der Waals surface area contributed by atoms with Gasteiger partial charge >= 0.3 is 12.1 Å². The van der Waals surface area contributed by atoms with Gasteiger partial charge in [0.15, 0.2) is 0 Å². The summed E-state index contributed by atoms with van der Waals surface area (Å²) in [6.45, 7) is 6.89. The molecule has 0 spiro atoms. The van der Waals surface area contributed by atoms with Gasteiger partial charge in [0.25, 0.3) is 0 Å². The average Bonchev–Trinajstić information content (AvgIpc) is 2.36. The second-order valence-electron chi connectivity index (χ2n) is 4.96. The molecule has 1 amide bonds. The summed E-state index contributed by atoms with van der Waals surface area (Å²) in [5.74, 6) is -1.13. The van der Waals surface area contributed by atoms with E-state index in [-0.39, 0.29) is 13.0 Å². The van der Waals surface area contributed by atoms with E-state index in [9.17, 15) is 14.7 Å². The number of carboxylic acids is 1. The number of alkyl carbamates (subject to hydrolysis) is 1. The van der Waals surface area contributed by atoms with Gasteiger partial charge in [-0.25, -0.2) is 9.59 Å². The summed E-state index contributed by atoms with van der Waals surface area (Å²) in [4.78, 5) is 22.9. The van der Waals surface area contributed by atoms with Crippen molar-refractivity contribution < 1.29 is 19.4 Å². The van der Waals surface area contributed by atoms with Gasteiger partial charge in [-0.05, 0) is 19.4 Å². The average molecular weight is 277 g/mol. The van der Waals surface area contributed by atoms with Crippen LogP contribution >= 0.6 is 0 Å². The fourth-order valence-corrected chi connectivity index (χ4v) is 1.76. The maximum Gasteiger partial charge on any atom is 0.408 e. The molecule has 0 radical (unpaired) electrons. The maximum absolute atomic E-state index is 11.7. The number of benzene rings is 1. The molecule has 0 saturated carbocycles. The van der Waals surface area contributed by atoms with E-state index in [0.717, 1.165) is 5.56 Å². The first-order chi connectivity index (χ1) is 9.33. The number of rotatable bonds is 6. The van der Waals surface area contributed by atoms with Crippen LogP contribution in [0.3, 0.4) is 0 Å². The fraction of sp³-hybridized carbons (Fsp3) is 0.333. The van der Waals surface area contributed by atoms with Crippen LogP contribution in [0.1, 0.15) is 25.8 Å². The second kappa shape index (κ2) is 6.75. The van der Waals surface area contributed by atoms with Gasteiger partial charge in [0.1, 0.15) is 12.1 Å². The summed E-state index contributed by atoms with van der Waals surface area (Å²) in [6, 6.07) is 9.16. The molecule has 0 bridgehead atoms. The highest BCUT2D eigenvalue weighted by Crippen LogP contribution is 2.16. The first-order valence-corrected chi connectivity index (χ1v) is 6.20. The Morgan fingerprint density at radius 2 is 1.95 bits per heavy atom. The highest BCUT2D eigenvalue weighted by molar-refractivity contribution is 5.84. The van der Waals surface area contributed by atoms with Gasteiger partial charge < -0.3 is 15.2 Å². The molecule has 0 aliphatic heterocycles. The quantitative estimate of drug-likeness (QED) is 0.784. The number of hydrogen-bond donors (Lipinski definition) is 2. The molecule has 5 heteroatoms. The standard InChI is InChI=1S/C15H19NO4/c1-11(2)9-15(3,13(17)18)16-14(19)20-10-12-7-5-4-6-8-12/h4-8H,1,9-10H2,2-3H3,(H,16,19)(H,17,18)/t15-/m1/s1.